The molecule has 2 aliphatic carbocycles. The molecule has 7 heteroatoms. The van der Waals surface area contributed by atoms with Gasteiger partial charge in [0.25, 0.3) is 5.91 Å². The summed E-state index contributed by atoms with van der Waals surface area (Å²) in [5.74, 6) is 0.821. The van der Waals surface area contributed by atoms with Crippen molar-refractivity contribution in [3.63, 3.8) is 0 Å². The number of fused-ring (bicyclic) bond motifs is 1. The largest absolute Gasteiger partial charge is 0.390 e. The van der Waals surface area contributed by atoms with Crippen molar-refractivity contribution >= 4 is 11.7 Å². The number of hydrogen-bond acceptors (Lipinski definition) is 6. The molecule has 6 rings (SSSR count). The highest BCUT2D eigenvalue weighted by molar-refractivity contribution is 5.99. The lowest BCUT2D eigenvalue weighted by Crippen LogP contribution is -2.42. The van der Waals surface area contributed by atoms with E-state index in [0.717, 1.165) is 62.5 Å². The van der Waals surface area contributed by atoms with Crippen molar-refractivity contribution in [3.05, 3.63) is 47.7 Å². The number of piperidine rings is 1. The lowest BCUT2D eigenvalue weighted by molar-refractivity contribution is 0.0140. The maximum absolute atomic E-state index is 13.0. The predicted molar refractivity (Wildman–Crippen MR) is 140 cm³/mol. The average molecular weight is 491 g/mol. The molecule has 1 aromatic carbocycles. The van der Waals surface area contributed by atoms with Crippen LogP contribution < -0.4 is 11.1 Å². The Bertz CT molecular complexity index is 1120. The zero-order valence-corrected chi connectivity index (χ0v) is 21.2. The van der Waals surface area contributed by atoms with Crippen LogP contribution in [-0.2, 0) is 10.2 Å². The van der Waals surface area contributed by atoms with Gasteiger partial charge in [0.2, 0.25) is 0 Å². The van der Waals surface area contributed by atoms with Crippen molar-refractivity contribution in [1.29, 1.82) is 0 Å². The highest BCUT2D eigenvalue weighted by Crippen LogP contribution is 2.59. The van der Waals surface area contributed by atoms with E-state index >= 15 is 0 Å². The number of aromatic nitrogens is 1. The van der Waals surface area contributed by atoms with Gasteiger partial charge in [0, 0.05) is 55.6 Å². The van der Waals surface area contributed by atoms with E-state index in [9.17, 15) is 9.90 Å². The van der Waals surface area contributed by atoms with E-state index in [0.29, 0.717) is 29.9 Å². The van der Waals surface area contributed by atoms with Gasteiger partial charge in [-0.25, -0.2) is 4.98 Å². The molecule has 192 valence electrons. The summed E-state index contributed by atoms with van der Waals surface area (Å²) in [7, 11) is 0. The third-order valence-corrected chi connectivity index (χ3v) is 9.23. The minimum absolute atomic E-state index is 0.0536. The van der Waals surface area contributed by atoms with Gasteiger partial charge in [-0.1, -0.05) is 24.3 Å². The third-order valence-electron chi connectivity index (χ3n) is 9.23. The van der Waals surface area contributed by atoms with E-state index in [4.69, 9.17) is 10.5 Å². The van der Waals surface area contributed by atoms with E-state index in [1.807, 2.05) is 13.0 Å². The van der Waals surface area contributed by atoms with Gasteiger partial charge in [0.1, 0.15) is 5.82 Å². The van der Waals surface area contributed by atoms with Gasteiger partial charge in [0.05, 0.1) is 11.2 Å². The Kier molecular flexibility index (Phi) is 6.05. The Hall–Kier alpha value is -2.48. The molecular weight excluding hydrogens is 452 g/mol. The number of carbonyl (C=O) groups excluding carboxylic acids is 1. The number of pyridine rings is 1. The molecule has 36 heavy (non-hydrogen) atoms. The molecule has 2 saturated heterocycles. The number of carbonyl (C=O) groups is 1. The molecule has 2 aromatic rings. The van der Waals surface area contributed by atoms with Crippen molar-refractivity contribution < 1.29 is 14.6 Å². The van der Waals surface area contributed by atoms with Crippen LogP contribution in [0.2, 0.25) is 0 Å². The van der Waals surface area contributed by atoms with Crippen LogP contribution in [0.4, 0.5) is 5.82 Å². The quantitative estimate of drug-likeness (QED) is 0.593. The van der Waals surface area contributed by atoms with Gasteiger partial charge in [-0.2, -0.15) is 0 Å². The van der Waals surface area contributed by atoms with Crippen LogP contribution in [0.15, 0.2) is 36.5 Å². The molecule has 4 fully saturated rings. The van der Waals surface area contributed by atoms with Crippen molar-refractivity contribution in [3.8, 4) is 11.1 Å². The van der Waals surface area contributed by atoms with Crippen molar-refractivity contribution in [1.82, 2.24) is 15.2 Å². The van der Waals surface area contributed by atoms with E-state index in [1.54, 1.807) is 6.20 Å². The van der Waals surface area contributed by atoms with E-state index in [2.05, 4.69) is 39.5 Å². The summed E-state index contributed by atoms with van der Waals surface area (Å²) in [6.07, 6.45) is 8.26. The third kappa shape index (κ3) is 4.53. The summed E-state index contributed by atoms with van der Waals surface area (Å²) >= 11 is 0. The Morgan fingerprint density at radius 1 is 1.14 bits per heavy atom. The number of benzene rings is 1. The maximum Gasteiger partial charge on any atom is 0.255 e. The Balaban J connectivity index is 1.14. The fourth-order valence-electron chi connectivity index (χ4n) is 6.75. The van der Waals surface area contributed by atoms with Gasteiger partial charge < -0.3 is 20.9 Å². The lowest BCUT2D eigenvalue weighted by atomic mass is 9.83. The van der Waals surface area contributed by atoms with Crippen molar-refractivity contribution in [2.75, 3.05) is 32.0 Å². The molecule has 3 heterocycles. The first kappa shape index (κ1) is 23.9. The average Bonchev–Trinajstić information content (AvgIpc) is 3.46. The molecule has 2 saturated carbocycles. The molecule has 4 aliphatic rings. The molecular formula is C29H38N4O3. The minimum atomic E-state index is -0.629. The highest BCUT2D eigenvalue weighted by Gasteiger charge is 2.61. The van der Waals surface area contributed by atoms with E-state index in [1.165, 1.54) is 18.5 Å². The first-order valence-electron chi connectivity index (χ1n) is 13.5. The van der Waals surface area contributed by atoms with Crippen LogP contribution in [0.3, 0.4) is 0 Å². The van der Waals surface area contributed by atoms with Crippen LogP contribution >= 0.6 is 0 Å². The van der Waals surface area contributed by atoms with Crippen LogP contribution in [0, 0.1) is 5.92 Å². The number of anilines is 1. The summed E-state index contributed by atoms with van der Waals surface area (Å²) in [4.78, 5) is 20.0. The van der Waals surface area contributed by atoms with Gasteiger partial charge in [-0.05, 0) is 75.0 Å². The number of nitrogens with one attached hydrogen (secondary N) is 1. The molecule has 2 atom stereocenters. The number of nitrogen functional groups attached to an aromatic ring is 1. The number of ether oxygens (including phenoxy) is 1. The molecule has 1 aromatic heterocycles. The fraction of sp³-hybridized carbons (Fsp3) is 0.586. The zero-order chi connectivity index (χ0) is 24.9. The molecule has 2 aliphatic heterocycles. The summed E-state index contributed by atoms with van der Waals surface area (Å²) in [5, 5.41) is 13.3. The van der Waals surface area contributed by atoms with E-state index < -0.39 is 5.60 Å². The van der Waals surface area contributed by atoms with Crippen LogP contribution in [0.25, 0.3) is 11.1 Å². The molecule has 1 amide bonds. The second-order valence-corrected chi connectivity index (χ2v) is 11.8. The Morgan fingerprint density at radius 3 is 2.58 bits per heavy atom. The SMILES string of the molecule is C[C@]1(O)CC[C@H](NC(=O)c2cc(-c3ccc([C@]45C[C@H]4CN(C4CCOCC4)C5)cc3)cnc2N)CC1. The lowest BCUT2D eigenvalue weighted by Gasteiger charge is -2.33. The van der Waals surface area contributed by atoms with Gasteiger partial charge >= 0.3 is 0 Å². The second kappa shape index (κ2) is 9.12. The number of likely N-dealkylation sites (tertiary alicyclic amines) is 1. The summed E-state index contributed by atoms with van der Waals surface area (Å²) < 4.78 is 5.56. The van der Waals surface area contributed by atoms with Crippen LogP contribution in [0.5, 0.6) is 0 Å². The Labute approximate surface area is 213 Å². The summed E-state index contributed by atoms with van der Waals surface area (Å²) in [6.45, 7) is 6.02. The van der Waals surface area contributed by atoms with Gasteiger partial charge in [-0.3, -0.25) is 9.69 Å². The number of nitrogens with two attached hydrogens (primary N) is 1. The zero-order valence-electron chi connectivity index (χ0n) is 21.2. The number of nitrogens with zero attached hydrogens (tertiary/aromatic N) is 2. The van der Waals surface area contributed by atoms with Crippen molar-refractivity contribution in [2.24, 2.45) is 5.92 Å². The van der Waals surface area contributed by atoms with Crippen LogP contribution in [-0.4, -0.2) is 64.9 Å². The standard InChI is InChI=1S/C29H38N4O3/c1-28(35)10-6-23(7-11-28)32-27(34)25-14-20(16-31-26(25)30)19-2-4-21(5-3-19)29-15-22(29)17-33(18-29)24-8-12-36-13-9-24/h2-5,14,16,22-24,35H,6-13,15,17-18H2,1H3,(H2,30,31)(H,32,34)/t22-,23-,28-,29+/m0/s1. The summed E-state index contributed by atoms with van der Waals surface area (Å²) in [5.41, 5.74) is 9.56. The first-order valence-corrected chi connectivity index (χ1v) is 13.5. The first-order chi connectivity index (χ1) is 17.3. The summed E-state index contributed by atoms with van der Waals surface area (Å²) in [6, 6.07) is 11.4. The highest BCUT2D eigenvalue weighted by atomic mass is 16.5. The van der Waals surface area contributed by atoms with Crippen LogP contribution in [0.1, 0.15) is 67.8 Å². The molecule has 0 radical (unpaired) electrons. The minimum Gasteiger partial charge on any atom is -0.390 e. The molecule has 0 bridgehead atoms. The van der Waals surface area contributed by atoms with Crippen molar-refractivity contribution in [2.45, 2.75) is 75.0 Å². The number of amides is 1. The molecule has 0 spiro atoms. The van der Waals surface area contributed by atoms with Gasteiger partial charge in [-0.15, -0.1) is 0 Å². The number of rotatable bonds is 5. The molecule has 0 unspecified atom stereocenters. The van der Waals surface area contributed by atoms with E-state index in [-0.39, 0.29) is 17.8 Å². The van der Waals surface area contributed by atoms with Gasteiger partial charge in [0.15, 0.2) is 0 Å². The predicted octanol–water partition coefficient (Wildman–Crippen LogP) is 3.51. The topological polar surface area (TPSA) is 101 Å². The number of hydrogen-bond donors (Lipinski definition) is 3. The number of aliphatic hydroxyl groups is 1. The maximum atomic E-state index is 13.0. The molecule has 4 N–H and O–H groups in total. The second-order valence-electron chi connectivity index (χ2n) is 11.8. The molecule has 7 nitrogen and oxygen atoms in total. The fourth-order valence-corrected chi connectivity index (χ4v) is 6.75. The Morgan fingerprint density at radius 2 is 1.86 bits per heavy atom. The monoisotopic (exact) mass is 490 g/mol. The normalized spacial score (nSPS) is 32.7. The smallest absolute Gasteiger partial charge is 0.255 e.